The maximum atomic E-state index is 8.99. The maximum absolute atomic E-state index is 8.99. The van der Waals surface area contributed by atoms with E-state index in [2.05, 4.69) is 11.1 Å². The van der Waals surface area contributed by atoms with Crippen molar-refractivity contribution in [3.8, 4) is 6.07 Å². The summed E-state index contributed by atoms with van der Waals surface area (Å²) in [5.74, 6) is 0.861. The third-order valence-electron chi connectivity index (χ3n) is 2.67. The van der Waals surface area contributed by atoms with Gasteiger partial charge >= 0.3 is 0 Å². The fourth-order valence-electron chi connectivity index (χ4n) is 1.56. The minimum Gasteiger partial charge on any atom is -0.392 e. The summed E-state index contributed by atoms with van der Waals surface area (Å²) >= 11 is 0. The molecule has 1 atom stereocenters. The molecule has 0 saturated heterocycles. The van der Waals surface area contributed by atoms with Crippen LogP contribution in [0.25, 0.3) is 0 Å². The molecule has 1 aromatic rings. The van der Waals surface area contributed by atoms with Crippen molar-refractivity contribution in [3.05, 3.63) is 23.4 Å². The Kier molecular flexibility index (Phi) is 4.27. The molecule has 1 rings (SSSR count). The topological polar surface area (TPSA) is 60.2 Å². The van der Waals surface area contributed by atoms with Gasteiger partial charge in [-0.05, 0) is 31.0 Å². The van der Waals surface area contributed by atoms with Crippen LogP contribution in [0.2, 0.25) is 0 Å². The highest BCUT2D eigenvalue weighted by Crippen LogP contribution is 2.19. The Labute approximate surface area is 96.2 Å². The average molecular weight is 219 g/mol. The summed E-state index contributed by atoms with van der Waals surface area (Å²) in [6, 6.07) is 4.20. The number of anilines is 1. The summed E-state index contributed by atoms with van der Waals surface area (Å²) in [5, 5.41) is 17.6. The predicted octanol–water partition coefficient (Wildman–Crippen LogP) is 1.62. The molecule has 0 aliphatic rings. The number of nitriles is 1. The zero-order chi connectivity index (χ0) is 12.1. The number of hydrogen-bond acceptors (Lipinski definition) is 4. The molecule has 0 radical (unpaired) electrons. The van der Waals surface area contributed by atoms with E-state index in [0.717, 1.165) is 16.9 Å². The molecule has 16 heavy (non-hydrogen) atoms. The summed E-state index contributed by atoms with van der Waals surface area (Å²) < 4.78 is 0. The first-order valence-electron chi connectivity index (χ1n) is 5.26. The maximum Gasteiger partial charge on any atom is 0.131 e. The lowest BCUT2D eigenvalue weighted by atomic mass is 10.1. The summed E-state index contributed by atoms with van der Waals surface area (Å²) in [6.45, 7) is 3.95. The van der Waals surface area contributed by atoms with Gasteiger partial charge in [0.25, 0.3) is 0 Å². The number of pyridine rings is 1. The molecule has 1 N–H and O–H groups in total. The Morgan fingerprint density at radius 1 is 1.62 bits per heavy atom. The molecule has 4 nitrogen and oxygen atoms in total. The van der Waals surface area contributed by atoms with Crippen molar-refractivity contribution < 1.29 is 5.11 Å². The minimum atomic E-state index is 0.00554. The van der Waals surface area contributed by atoms with E-state index in [0.29, 0.717) is 6.42 Å². The van der Waals surface area contributed by atoms with Crippen molar-refractivity contribution in [2.75, 3.05) is 11.9 Å². The van der Waals surface area contributed by atoms with E-state index in [1.54, 1.807) is 6.20 Å². The largest absolute Gasteiger partial charge is 0.392 e. The predicted molar refractivity (Wildman–Crippen MR) is 63.0 cm³/mol. The van der Waals surface area contributed by atoms with Crippen molar-refractivity contribution in [1.82, 2.24) is 4.98 Å². The van der Waals surface area contributed by atoms with Gasteiger partial charge in [-0.3, -0.25) is 0 Å². The van der Waals surface area contributed by atoms with Crippen LogP contribution in [0.4, 0.5) is 5.82 Å². The van der Waals surface area contributed by atoms with Gasteiger partial charge in [-0.25, -0.2) is 4.98 Å². The SMILES string of the molecule is Cc1cc(CO)cnc1N(C)C(C)CC#N. The van der Waals surface area contributed by atoms with Gasteiger partial charge < -0.3 is 10.0 Å². The Morgan fingerprint density at radius 3 is 2.81 bits per heavy atom. The molecule has 4 heteroatoms. The second-order valence-corrected chi connectivity index (χ2v) is 3.96. The number of rotatable bonds is 4. The monoisotopic (exact) mass is 219 g/mol. The van der Waals surface area contributed by atoms with E-state index in [4.69, 9.17) is 10.4 Å². The summed E-state index contributed by atoms with van der Waals surface area (Å²) in [6.07, 6.45) is 2.14. The van der Waals surface area contributed by atoms with Gasteiger partial charge in [-0.15, -0.1) is 0 Å². The van der Waals surface area contributed by atoms with Gasteiger partial charge in [-0.2, -0.15) is 5.26 Å². The lowest BCUT2D eigenvalue weighted by molar-refractivity contribution is 0.281. The quantitative estimate of drug-likeness (QED) is 0.836. The third-order valence-corrected chi connectivity index (χ3v) is 2.67. The summed E-state index contributed by atoms with van der Waals surface area (Å²) in [4.78, 5) is 6.29. The standard InChI is InChI=1S/C12H17N3O/c1-9-6-11(8-16)7-14-12(9)15(3)10(2)4-5-13/h6-7,10,16H,4,8H2,1-3H3. The van der Waals surface area contributed by atoms with Crippen molar-refractivity contribution in [2.45, 2.75) is 32.9 Å². The van der Waals surface area contributed by atoms with Crippen LogP contribution in [-0.2, 0) is 6.61 Å². The molecule has 1 unspecified atom stereocenters. The van der Waals surface area contributed by atoms with Crippen molar-refractivity contribution >= 4 is 5.82 Å². The zero-order valence-electron chi connectivity index (χ0n) is 9.94. The van der Waals surface area contributed by atoms with Crippen molar-refractivity contribution in [2.24, 2.45) is 0 Å². The average Bonchev–Trinajstić information content (AvgIpc) is 2.28. The van der Waals surface area contributed by atoms with E-state index < -0.39 is 0 Å². The third kappa shape index (κ3) is 2.71. The Morgan fingerprint density at radius 2 is 2.31 bits per heavy atom. The summed E-state index contributed by atoms with van der Waals surface area (Å²) in [7, 11) is 1.93. The second-order valence-electron chi connectivity index (χ2n) is 3.96. The molecular weight excluding hydrogens is 202 g/mol. The molecule has 0 aliphatic carbocycles. The molecule has 0 amide bonds. The van der Waals surface area contributed by atoms with Crippen LogP contribution in [-0.4, -0.2) is 23.2 Å². The number of hydrogen-bond donors (Lipinski definition) is 1. The van der Waals surface area contributed by atoms with E-state index in [9.17, 15) is 0 Å². The van der Waals surface area contributed by atoms with Crippen LogP contribution in [0.1, 0.15) is 24.5 Å². The second kappa shape index (κ2) is 5.47. The number of aryl methyl sites for hydroxylation is 1. The minimum absolute atomic E-state index is 0.00554. The fraction of sp³-hybridized carbons (Fsp3) is 0.500. The summed E-state index contributed by atoms with van der Waals surface area (Å²) in [5.41, 5.74) is 1.82. The first-order chi connectivity index (χ1) is 7.60. The van der Waals surface area contributed by atoms with Crippen molar-refractivity contribution in [3.63, 3.8) is 0 Å². The number of nitrogens with zero attached hydrogens (tertiary/aromatic N) is 3. The van der Waals surface area contributed by atoms with Crippen LogP contribution < -0.4 is 4.90 Å². The molecule has 0 fully saturated rings. The van der Waals surface area contributed by atoms with Gasteiger partial charge in [0.1, 0.15) is 5.82 Å². The Hall–Kier alpha value is -1.60. The van der Waals surface area contributed by atoms with Gasteiger partial charge in [0.05, 0.1) is 19.1 Å². The van der Waals surface area contributed by atoms with Gasteiger partial charge in [0.15, 0.2) is 0 Å². The zero-order valence-corrected chi connectivity index (χ0v) is 9.94. The van der Waals surface area contributed by atoms with Crippen LogP contribution in [0.5, 0.6) is 0 Å². The van der Waals surface area contributed by atoms with Crippen LogP contribution in [0.3, 0.4) is 0 Å². The number of aromatic nitrogens is 1. The van der Waals surface area contributed by atoms with E-state index in [1.807, 2.05) is 31.9 Å². The first-order valence-corrected chi connectivity index (χ1v) is 5.26. The lowest BCUT2D eigenvalue weighted by Gasteiger charge is -2.25. The molecular formula is C12H17N3O. The van der Waals surface area contributed by atoms with Gasteiger partial charge in [-0.1, -0.05) is 0 Å². The molecule has 0 aromatic carbocycles. The van der Waals surface area contributed by atoms with E-state index in [1.165, 1.54) is 0 Å². The molecule has 0 aliphatic heterocycles. The molecule has 86 valence electrons. The van der Waals surface area contributed by atoms with Crippen LogP contribution >= 0.6 is 0 Å². The first kappa shape index (κ1) is 12.5. The lowest BCUT2D eigenvalue weighted by Crippen LogP contribution is -2.29. The van der Waals surface area contributed by atoms with E-state index in [-0.39, 0.29) is 12.6 Å². The Balaban J connectivity index is 2.92. The molecule has 1 heterocycles. The highest BCUT2D eigenvalue weighted by atomic mass is 16.3. The van der Waals surface area contributed by atoms with E-state index >= 15 is 0 Å². The number of aliphatic hydroxyl groups excluding tert-OH is 1. The van der Waals surface area contributed by atoms with Crippen LogP contribution in [0.15, 0.2) is 12.3 Å². The Bertz CT molecular complexity index is 398. The normalized spacial score (nSPS) is 11.9. The molecule has 0 saturated carbocycles. The van der Waals surface area contributed by atoms with Crippen molar-refractivity contribution in [1.29, 1.82) is 5.26 Å². The molecule has 0 bridgehead atoms. The highest BCUT2D eigenvalue weighted by molar-refractivity contribution is 5.47. The smallest absolute Gasteiger partial charge is 0.131 e. The molecule has 1 aromatic heterocycles. The van der Waals surface area contributed by atoms with Gasteiger partial charge in [0, 0.05) is 19.3 Å². The van der Waals surface area contributed by atoms with Crippen LogP contribution in [0, 0.1) is 18.3 Å². The number of aliphatic hydroxyl groups is 1. The highest BCUT2D eigenvalue weighted by Gasteiger charge is 2.13. The van der Waals surface area contributed by atoms with Gasteiger partial charge in [0.2, 0.25) is 0 Å². The molecule has 0 spiro atoms. The fourth-order valence-corrected chi connectivity index (χ4v) is 1.56.